The molecule has 0 radical (unpaired) electrons. The largest absolute Gasteiger partial charge is 0.496 e. The Morgan fingerprint density at radius 3 is 2.61 bits per heavy atom. The molecule has 1 fully saturated rings. The minimum Gasteiger partial charge on any atom is -0.496 e. The lowest BCUT2D eigenvalue weighted by Gasteiger charge is -2.29. The normalized spacial score (nSPS) is 15.6. The van der Waals surface area contributed by atoms with Crippen LogP contribution in [0.5, 0.6) is 5.75 Å². The summed E-state index contributed by atoms with van der Waals surface area (Å²) in [4.78, 5) is 15.3. The van der Waals surface area contributed by atoms with Crippen LogP contribution >= 0.6 is 0 Å². The van der Waals surface area contributed by atoms with Gasteiger partial charge in [-0.15, -0.1) is 0 Å². The van der Waals surface area contributed by atoms with Crippen molar-refractivity contribution in [2.45, 2.75) is 25.8 Å². The van der Waals surface area contributed by atoms with E-state index in [-0.39, 0.29) is 11.9 Å². The van der Waals surface area contributed by atoms with Crippen LogP contribution < -0.4 is 10.1 Å². The number of likely N-dealkylation sites (tertiary alicyclic amines) is 1. The highest BCUT2D eigenvalue weighted by Gasteiger charge is 2.27. The number of hydrogen-bond acceptors (Lipinski definition) is 4. The summed E-state index contributed by atoms with van der Waals surface area (Å²) in [7, 11) is 1.69. The highest BCUT2D eigenvalue weighted by molar-refractivity contribution is 5.98. The summed E-state index contributed by atoms with van der Waals surface area (Å²) in [5, 5.41) is 4.08. The Balaban J connectivity index is 1.57. The topological polar surface area (TPSA) is 54.7 Å². The van der Waals surface area contributed by atoms with Crippen molar-refractivity contribution < 1.29 is 13.9 Å². The number of rotatable bonds is 6. The molecule has 1 N–H and O–H groups in total. The molecular weight excluding hydrogens is 352 g/mol. The van der Waals surface area contributed by atoms with E-state index < -0.39 is 0 Å². The molecule has 28 heavy (non-hydrogen) atoms. The zero-order valence-electron chi connectivity index (χ0n) is 16.4. The van der Waals surface area contributed by atoms with Gasteiger partial charge >= 0.3 is 0 Å². The van der Waals surface area contributed by atoms with Gasteiger partial charge in [0.25, 0.3) is 5.91 Å². The van der Waals surface area contributed by atoms with E-state index in [4.69, 9.17) is 9.15 Å². The molecular formula is C23H26N2O3. The number of carbonyl (C=O) groups excluding carboxylic acids is 1. The van der Waals surface area contributed by atoms with Crippen LogP contribution in [0.2, 0.25) is 0 Å². The number of aryl methyl sites for hydroxylation is 1. The van der Waals surface area contributed by atoms with Crippen LogP contribution in [0, 0.1) is 6.92 Å². The number of fused-ring (bicyclic) bond motifs is 1. The van der Waals surface area contributed by atoms with Crippen LogP contribution in [0.3, 0.4) is 0 Å². The fourth-order valence-electron chi connectivity index (χ4n) is 4.09. The molecule has 2 aromatic carbocycles. The fraction of sp³-hybridized carbons (Fsp3) is 0.348. The van der Waals surface area contributed by atoms with Gasteiger partial charge in [0.1, 0.15) is 11.3 Å². The third-order valence-electron chi connectivity index (χ3n) is 5.59. The lowest BCUT2D eigenvalue weighted by atomic mass is 10.0. The number of nitrogens with one attached hydrogen (secondary N) is 1. The summed E-state index contributed by atoms with van der Waals surface area (Å²) in [6.07, 6.45) is 2.37. The number of furan rings is 1. The molecule has 1 aliphatic rings. The lowest BCUT2D eigenvalue weighted by molar-refractivity contribution is 0.0911. The van der Waals surface area contributed by atoms with Crippen LogP contribution in [0.25, 0.3) is 11.0 Å². The summed E-state index contributed by atoms with van der Waals surface area (Å²) in [5.74, 6) is 1.07. The molecule has 1 aromatic heterocycles. The fourth-order valence-corrected chi connectivity index (χ4v) is 4.09. The number of para-hydroxylation sites is 2. The molecule has 5 heteroatoms. The molecule has 0 spiro atoms. The van der Waals surface area contributed by atoms with E-state index >= 15 is 0 Å². The minimum atomic E-state index is -0.173. The Morgan fingerprint density at radius 2 is 1.86 bits per heavy atom. The average molecular weight is 378 g/mol. The van der Waals surface area contributed by atoms with E-state index in [1.807, 2.05) is 49.4 Å². The quantitative estimate of drug-likeness (QED) is 0.694. The standard InChI is InChI=1S/C23H26N2O3/c1-16-17-9-3-6-12-21(17)28-22(16)23(26)24-15-19(25-13-7-8-14-25)18-10-4-5-11-20(18)27-2/h3-6,9-12,19H,7-8,13-15H2,1-2H3,(H,24,26). The first kappa shape index (κ1) is 18.6. The first-order valence-corrected chi connectivity index (χ1v) is 9.82. The monoisotopic (exact) mass is 378 g/mol. The van der Waals surface area contributed by atoms with E-state index in [1.165, 1.54) is 12.8 Å². The number of amides is 1. The Bertz CT molecular complexity index is 973. The highest BCUT2D eigenvalue weighted by Crippen LogP contribution is 2.31. The van der Waals surface area contributed by atoms with Gasteiger partial charge in [-0.05, 0) is 45.0 Å². The Labute approximate surface area is 165 Å². The van der Waals surface area contributed by atoms with E-state index in [0.29, 0.717) is 12.3 Å². The van der Waals surface area contributed by atoms with Crippen molar-refractivity contribution in [3.05, 3.63) is 65.4 Å². The summed E-state index contributed by atoms with van der Waals surface area (Å²) >= 11 is 0. The Morgan fingerprint density at radius 1 is 1.14 bits per heavy atom. The minimum absolute atomic E-state index is 0.0762. The van der Waals surface area contributed by atoms with Crippen LogP contribution in [0.4, 0.5) is 0 Å². The van der Waals surface area contributed by atoms with Crippen LogP contribution in [-0.2, 0) is 0 Å². The molecule has 3 aromatic rings. The molecule has 0 saturated carbocycles. The molecule has 1 amide bonds. The van der Waals surface area contributed by atoms with Gasteiger partial charge in [-0.1, -0.05) is 36.4 Å². The second-order valence-corrected chi connectivity index (χ2v) is 7.26. The lowest BCUT2D eigenvalue weighted by Crippen LogP contribution is -2.37. The number of nitrogens with zero attached hydrogens (tertiary/aromatic N) is 1. The van der Waals surface area contributed by atoms with Gasteiger partial charge in [0.05, 0.1) is 13.2 Å². The van der Waals surface area contributed by atoms with Gasteiger partial charge in [-0.25, -0.2) is 0 Å². The molecule has 0 bridgehead atoms. The summed E-state index contributed by atoms with van der Waals surface area (Å²) in [6, 6.07) is 15.9. The maximum atomic E-state index is 12.9. The van der Waals surface area contributed by atoms with Gasteiger partial charge in [-0.3, -0.25) is 9.69 Å². The zero-order valence-corrected chi connectivity index (χ0v) is 16.4. The van der Waals surface area contributed by atoms with Crippen LogP contribution in [0.1, 0.15) is 40.6 Å². The van der Waals surface area contributed by atoms with Crippen molar-refractivity contribution in [3.63, 3.8) is 0 Å². The van der Waals surface area contributed by atoms with Crippen molar-refractivity contribution in [2.75, 3.05) is 26.7 Å². The highest BCUT2D eigenvalue weighted by atomic mass is 16.5. The van der Waals surface area contributed by atoms with E-state index in [9.17, 15) is 4.79 Å². The second-order valence-electron chi connectivity index (χ2n) is 7.26. The second kappa shape index (κ2) is 8.07. The van der Waals surface area contributed by atoms with Crippen molar-refractivity contribution in [2.24, 2.45) is 0 Å². The molecule has 2 heterocycles. The Kier molecular flexibility index (Phi) is 5.35. The third-order valence-corrected chi connectivity index (χ3v) is 5.59. The summed E-state index contributed by atoms with van der Waals surface area (Å²) < 4.78 is 11.4. The third kappa shape index (κ3) is 3.50. The maximum absolute atomic E-state index is 12.9. The van der Waals surface area contributed by atoms with Gasteiger partial charge in [0, 0.05) is 23.1 Å². The maximum Gasteiger partial charge on any atom is 0.287 e. The average Bonchev–Trinajstić information content (AvgIpc) is 3.37. The summed E-state index contributed by atoms with van der Waals surface area (Å²) in [6.45, 7) is 4.50. The Hall–Kier alpha value is -2.79. The number of benzene rings is 2. The predicted octanol–water partition coefficient (Wildman–Crippen LogP) is 4.32. The predicted molar refractivity (Wildman–Crippen MR) is 110 cm³/mol. The van der Waals surface area contributed by atoms with Crippen molar-refractivity contribution in [3.8, 4) is 5.75 Å². The first-order valence-electron chi connectivity index (χ1n) is 9.82. The first-order chi connectivity index (χ1) is 13.7. The molecule has 1 aliphatic heterocycles. The van der Waals surface area contributed by atoms with Crippen LogP contribution in [-0.4, -0.2) is 37.6 Å². The summed E-state index contributed by atoms with van der Waals surface area (Å²) in [5.41, 5.74) is 2.72. The molecule has 5 nitrogen and oxygen atoms in total. The van der Waals surface area contributed by atoms with Crippen molar-refractivity contribution in [1.29, 1.82) is 0 Å². The van der Waals surface area contributed by atoms with Crippen LogP contribution in [0.15, 0.2) is 52.9 Å². The molecule has 146 valence electrons. The molecule has 1 saturated heterocycles. The molecule has 1 unspecified atom stereocenters. The van der Waals surface area contributed by atoms with E-state index in [1.54, 1.807) is 7.11 Å². The zero-order chi connectivity index (χ0) is 19.5. The number of methoxy groups -OCH3 is 1. The number of carbonyl (C=O) groups is 1. The van der Waals surface area contributed by atoms with Crippen molar-refractivity contribution >= 4 is 16.9 Å². The van der Waals surface area contributed by atoms with Gasteiger partial charge in [0.2, 0.25) is 0 Å². The van der Waals surface area contributed by atoms with E-state index in [0.717, 1.165) is 40.9 Å². The molecule has 4 rings (SSSR count). The molecule has 0 aliphatic carbocycles. The van der Waals surface area contributed by atoms with E-state index in [2.05, 4.69) is 16.3 Å². The number of hydrogen-bond donors (Lipinski definition) is 1. The smallest absolute Gasteiger partial charge is 0.287 e. The van der Waals surface area contributed by atoms with Gasteiger partial charge in [0.15, 0.2) is 5.76 Å². The molecule has 1 atom stereocenters. The van der Waals surface area contributed by atoms with Gasteiger partial charge < -0.3 is 14.5 Å². The van der Waals surface area contributed by atoms with Gasteiger partial charge in [-0.2, -0.15) is 0 Å². The number of ether oxygens (including phenoxy) is 1. The SMILES string of the molecule is COc1ccccc1C(CNC(=O)c1oc2ccccc2c1C)N1CCCC1. The van der Waals surface area contributed by atoms with Crippen molar-refractivity contribution in [1.82, 2.24) is 10.2 Å².